The summed E-state index contributed by atoms with van der Waals surface area (Å²) < 4.78 is 6.16. The second kappa shape index (κ2) is 16.0. The molecule has 0 fully saturated rings. The third-order valence-corrected chi connectivity index (χ3v) is 14.6. The SMILES string of the molecule is c1ccc(C2(c3ccccc3)c3ccccc3-c3ccc(-c4cc(-c5ccc(-c6ccc7oc8ccccc8c7c6)cc5)nc(-c5cccc(-c6ccc7ccc8ccccc8c7c6)c5)n4)cc32)cc1. The van der Waals surface area contributed by atoms with Crippen LogP contribution in [-0.2, 0) is 5.41 Å². The van der Waals surface area contributed by atoms with E-state index in [1.54, 1.807) is 0 Å². The van der Waals surface area contributed by atoms with Crippen LogP contribution in [0, 0.1) is 0 Å². The molecule has 0 unspecified atom stereocenters. The summed E-state index contributed by atoms with van der Waals surface area (Å²) in [6, 6.07) is 91.9. The fourth-order valence-corrected chi connectivity index (χ4v) is 11.2. The summed E-state index contributed by atoms with van der Waals surface area (Å²) in [6.45, 7) is 0. The van der Waals surface area contributed by atoms with Gasteiger partial charge in [-0.1, -0.05) is 212 Å². The van der Waals surface area contributed by atoms with E-state index < -0.39 is 5.41 Å². The first kappa shape index (κ1) is 39.9. The highest BCUT2D eigenvalue weighted by Gasteiger charge is 2.46. The van der Waals surface area contributed by atoms with E-state index in [9.17, 15) is 0 Å². The maximum absolute atomic E-state index is 6.16. The predicted octanol–water partition coefficient (Wildman–Crippen LogP) is 17.4. The first-order chi connectivity index (χ1) is 34.7. The maximum Gasteiger partial charge on any atom is 0.160 e. The molecule has 0 aliphatic heterocycles. The van der Waals surface area contributed by atoms with Crippen LogP contribution in [0.4, 0.5) is 0 Å². The zero-order valence-electron chi connectivity index (χ0n) is 38.1. The Hall–Kier alpha value is -9.18. The molecule has 70 heavy (non-hydrogen) atoms. The van der Waals surface area contributed by atoms with Gasteiger partial charge in [-0.15, -0.1) is 0 Å². The fraction of sp³-hybridized carbons (Fsp3) is 0.0149. The molecule has 11 aromatic carbocycles. The number of nitrogens with zero attached hydrogens (tertiary/aromatic N) is 2. The lowest BCUT2D eigenvalue weighted by atomic mass is 9.67. The Morgan fingerprint density at radius 3 is 1.64 bits per heavy atom. The van der Waals surface area contributed by atoms with Crippen LogP contribution in [0.3, 0.4) is 0 Å². The number of aromatic nitrogens is 2. The van der Waals surface area contributed by atoms with Gasteiger partial charge in [0.25, 0.3) is 0 Å². The quantitative estimate of drug-likeness (QED) is 0.150. The van der Waals surface area contributed by atoms with Gasteiger partial charge < -0.3 is 4.42 Å². The minimum atomic E-state index is -0.537. The van der Waals surface area contributed by atoms with E-state index >= 15 is 0 Å². The van der Waals surface area contributed by atoms with Gasteiger partial charge in [0, 0.05) is 27.5 Å². The second-order valence-electron chi connectivity index (χ2n) is 18.4. The van der Waals surface area contributed by atoms with Crippen molar-refractivity contribution in [2.45, 2.75) is 5.41 Å². The van der Waals surface area contributed by atoms with Crippen LogP contribution in [0.5, 0.6) is 0 Å². The van der Waals surface area contributed by atoms with Crippen molar-refractivity contribution in [3.63, 3.8) is 0 Å². The van der Waals surface area contributed by atoms with Crippen molar-refractivity contribution in [2.24, 2.45) is 0 Å². The lowest BCUT2D eigenvalue weighted by molar-refractivity contribution is 0.669. The standard InChI is InChI=1S/C67H42N2O/c1-3-17-52(18-4-1)67(53-19-5-2-6-20-53)60-24-11-9-22-55(60)56-36-34-50(41-61(56)67)63-42-62(46-31-26-43(27-32-46)48-35-37-65-59(40-48)57-23-10-12-25-64(57)70-65)68-66(69-63)51-16-13-15-47(38-51)49-33-30-45-29-28-44-14-7-8-21-54(44)58(45)39-49/h1-42H. The minimum absolute atomic E-state index is 0.537. The van der Waals surface area contributed by atoms with Crippen molar-refractivity contribution in [1.82, 2.24) is 9.97 Å². The molecule has 0 saturated carbocycles. The number of fused-ring (bicyclic) bond motifs is 9. The molecule has 3 heteroatoms. The molecular weight excluding hydrogens is 849 g/mol. The molecule has 326 valence electrons. The van der Waals surface area contributed by atoms with Crippen molar-refractivity contribution >= 4 is 43.5 Å². The van der Waals surface area contributed by atoms with Crippen LogP contribution < -0.4 is 0 Å². The molecule has 0 N–H and O–H groups in total. The first-order valence-corrected chi connectivity index (χ1v) is 24.0. The van der Waals surface area contributed by atoms with Crippen LogP contribution >= 0.6 is 0 Å². The molecule has 0 atom stereocenters. The molecule has 0 amide bonds. The van der Waals surface area contributed by atoms with E-state index in [-0.39, 0.29) is 0 Å². The summed E-state index contributed by atoms with van der Waals surface area (Å²) in [6.07, 6.45) is 0. The predicted molar refractivity (Wildman–Crippen MR) is 289 cm³/mol. The number of furan rings is 1. The molecule has 1 aliphatic carbocycles. The topological polar surface area (TPSA) is 38.9 Å². The third-order valence-electron chi connectivity index (χ3n) is 14.6. The molecule has 0 saturated heterocycles. The molecule has 0 bridgehead atoms. The molecule has 2 aromatic heterocycles. The Kier molecular flexibility index (Phi) is 9.11. The monoisotopic (exact) mass is 890 g/mol. The van der Waals surface area contributed by atoms with Gasteiger partial charge in [-0.3, -0.25) is 0 Å². The molecule has 13 aromatic rings. The van der Waals surface area contributed by atoms with E-state index in [0.717, 1.165) is 72.3 Å². The molecule has 0 spiro atoms. The molecule has 14 rings (SSSR count). The summed E-state index contributed by atoms with van der Waals surface area (Å²) >= 11 is 0. The van der Waals surface area contributed by atoms with Gasteiger partial charge in [0.15, 0.2) is 5.82 Å². The average molecular weight is 891 g/mol. The zero-order valence-corrected chi connectivity index (χ0v) is 38.1. The highest BCUT2D eigenvalue weighted by molar-refractivity contribution is 6.09. The molecule has 3 nitrogen and oxygen atoms in total. The largest absolute Gasteiger partial charge is 0.456 e. The fourth-order valence-electron chi connectivity index (χ4n) is 11.2. The Morgan fingerprint density at radius 1 is 0.286 bits per heavy atom. The van der Waals surface area contributed by atoms with Crippen molar-refractivity contribution < 1.29 is 4.42 Å². The van der Waals surface area contributed by atoms with Gasteiger partial charge in [-0.2, -0.15) is 0 Å². The van der Waals surface area contributed by atoms with Gasteiger partial charge in [0.1, 0.15) is 11.2 Å². The van der Waals surface area contributed by atoms with Crippen LogP contribution in [0.1, 0.15) is 22.3 Å². The second-order valence-corrected chi connectivity index (χ2v) is 18.4. The average Bonchev–Trinajstić information content (AvgIpc) is 3.96. The molecule has 1 aliphatic rings. The van der Waals surface area contributed by atoms with Crippen LogP contribution in [0.25, 0.3) is 111 Å². The summed E-state index contributed by atoms with van der Waals surface area (Å²) in [5.74, 6) is 0.670. The molecular formula is C67H42N2O. The van der Waals surface area contributed by atoms with E-state index in [4.69, 9.17) is 14.4 Å². The van der Waals surface area contributed by atoms with E-state index in [1.807, 2.05) is 12.1 Å². The number of para-hydroxylation sites is 1. The van der Waals surface area contributed by atoms with E-state index in [2.05, 4.69) is 243 Å². The van der Waals surface area contributed by atoms with Crippen molar-refractivity contribution in [3.05, 3.63) is 277 Å². The van der Waals surface area contributed by atoms with Gasteiger partial charge in [-0.25, -0.2) is 9.97 Å². The first-order valence-electron chi connectivity index (χ1n) is 24.0. The maximum atomic E-state index is 6.16. The Bertz CT molecular complexity index is 4130. The smallest absolute Gasteiger partial charge is 0.160 e. The highest BCUT2D eigenvalue weighted by Crippen LogP contribution is 2.56. The normalized spacial score (nSPS) is 12.7. The summed E-state index contributed by atoms with van der Waals surface area (Å²) in [7, 11) is 0. The molecule has 0 radical (unpaired) electrons. The zero-order chi connectivity index (χ0) is 46.2. The summed E-state index contributed by atoms with van der Waals surface area (Å²) in [5.41, 5.74) is 17.9. The number of hydrogen-bond acceptors (Lipinski definition) is 3. The van der Waals surface area contributed by atoms with Crippen molar-refractivity contribution in [1.29, 1.82) is 0 Å². The Morgan fingerprint density at radius 2 is 0.829 bits per heavy atom. The Labute approximate surface area is 405 Å². The van der Waals surface area contributed by atoms with Gasteiger partial charge in [0.2, 0.25) is 0 Å². The minimum Gasteiger partial charge on any atom is -0.456 e. The van der Waals surface area contributed by atoms with Crippen LogP contribution in [0.2, 0.25) is 0 Å². The van der Waals surface area contributed by atoms with Crippen molar-refractivity contribution in [3.8, 4) is 67.3 Å². The van der Waals surface area contributed by atoms with Gasteiger partial charge >= 0.3 is 0 Å². The van der Waals surface area contributed by atoms with E-state index in [1.165, 1.54) is 54.9 Å². The lowest BCUT2D eigenvalue weighted by Gasteiger charge is -2.34. The highest BCUT2D eigenvalue weighted by atomic mass is 16.3. The van der Waals surface area contributed by atoms with E-state index in [0.29, 0.717) is 5.82 Å². The van der Waals surface area contributed by atoms with Gasteiger partial charge in [0.05, 0.1) is 16.8 Å². The summed E-state index contributed by atoms with van der Waals surface area (Å²) in [5, 5.41) is 7.18. The van der Waals surface area contributed by atoms with Crippen LogP contribution in [-0.4, -0.2) is 9.97 Å². The summed E-state index contributed by atoms with van der Waals surface area (Å²) in [4.78, 5) is 10.9. The number of benzene rings is 11. The van der Waals surface area contributed by atoms with Crippen molar-refractivity contribution in [2.75, 3.05) is 0 Å². The third kappa shape index (κ3) is 6.36. The van der Waals surface area contributed by atoms with Gasteiger partial charge in [-0.05, 0) is 120 Å². The number of hydrogen-bond donors (Lipinski definition) is 0. The Balaban J connectivity index is 0.934. The van der Waals surface area contributed by atoms with Crippen LogP contribution in [0.15, 0.2) is 259 Å². The molecule has 2 heterocycles. The lowest BCUT2D eigenvalue weighted by Crippen LogP contribution is -2.28. The number of rotatable bonds is 7.